The van der Waals surface area contributed by atoms with E-state index in [1.54, 1.807) is 0 Å². The molecule has 2 saturated carbocycles. The van der Waals surface area contributed by atoms with Crippen LogP contribution >= 0.6 is 15.9 Å². The van der Waals surface area contributed by atoms with Gasteiger partial charge in [0, 0.05) is 24.0 Å². The SMILES string of the molecule is CC1(C)C2CCC1(C)C(OCC1(CBr)CCOCC1)C2. The molecule has 3 heteroatoms. The largest absolute Gasteiger partial charge is 0.381 e. The first kappa shape index (κ1) is 15.3. The van der Waals surface area contributed by atoms with Crippen LogP contribution in [-0.2, 0) is 9.47 Å². The molecule has 2 aliphatic carbocycles. The van der Waals surface area contributed by atoms with Gasteiger partial charge in [-0.2, -0.15) is 0 Å². The predicted molar refractivity (Wildman–Crippen MR) is 85.2 cm³/mol. The number of halogens is 1. The Kier molecular flexibility index (Phi) is 4.01. The Balaban J connectivity index is 1.65. The van der Waals surface area contributed by atoms with Crippen molar-refractivity contribution in [2.24, 2.45) is 22.2 Å². The zero-order chi connectivity index (χ0) is 14.4. The lowest BCUT2D eigenvalue weighted by atomic mass is 9.70. The number of hydrogen-bond donors (Lipinski definition) is 0. The Labute approximate surface area is 132 Å². The Morgan fingerprint density at radius 2 is 1.85 bits per heavy atom. The van der Waals surface area contributed by atoms with Gasteiger partial charge in [-0.15, -0.1) is 0 Å². The second kappa shape index (κ2) is 5.24. The van der Waals surface area contributed by atoms with Crippen molar-refractivity contribution in [2.75, 3.05) is 25.2 Å². The summed E-state index contributed by atoms with van der Waals surface area (Å²) in [6.07, 6.45) is 6.76. The van der Waals surface area contributed by atoms with Crippen molar-refractivity contribution < 1.29 is 9.47 Å². The van der Waals surface area contributed by atoms with Crippen LogP contribution in [0.15, 0.2) is 0 Å². The maximum atomic E-state index is 6.52. The summed E-state index contributed by atoms with van der Waals surface area (Å²) in [6.45, 7) is 10.1. The molecule has 0 amide bonds. The van der Waals surface area contributed by atoms with E-state index in [9.17, 15) is 0 Å². The molecule has 0 aromatic heterocycles. The van der Waals surface area contributed by atoms with Crippen LogP contribution in [0.1, 0.15) is 52.9 Å². The van der Waals surface area contributed by atoms with Crippen LogP contribution in [0.5, 0.6) is 0 Å². The minimum absolute atomic E-state index is 0.306. The number of fused-ring (bicyclic) bond motifs is 2. The van der Waals surface area contributed by atoms with Gasteiger partial charge in [-0.3, -0.25) is 0 Å². The van der Waals surface area contributed by atoms with E-state index in [2.05, 4.69) is 36.7 Å². The molecule has 1 heterocycles. The van der Waals surface area contributed by atoms with E-state index in [-0.39, 0.29) is 0 Å². The van der Waals surface area contributed by atoms with E-state index in [1.807, 2.05) is 0 Å². The normalized spacial score (nSPS) is 42.0. The summed E-state index contributed by atoms with van der Waals surface area (Å²) in [5, 5.41) is 1.04. The molecule has 0 aromatic rings. The first-order valence-corrected chi connectivity index (χ1v) is 9.31. The number of hydrogen-bond acceptors (Lipinski definition) is 2. The lowest BCUT2D eigenvalue weighted by Gasteiger charge is -2.42. The van der Waals surface area contributed by atoms with Crippen LogP contribution in [-0.4, -0.2) is 31.3 Å². The first-order chi connectivity index (χ1) is 9.44. The number of alkyl halides is 1. The van der Waals surface area contributed by atoms with Gasteiger partial charge in [-0.05, 0) is 48.9 Å². The van der Waals surface area contributed by atoms with Gasteiger partial charge in [0.1, 0.15) is 0 Å². The maximum Gasteiger partial charge on any atom is 0.0637 e. The third-order valence-corrected chi connectivity index (χ3v) is 8.33. The summed E-state index contributed by atoms with van der Waals surface area (Å²) in [7, 11) is 0. The Morgan fingerprint density at radius 3 is 2.35 bits per heavy atom. The first-order valence-electron chi connectivity index (χ1n) is 8.19. The van der Waals surface area contributed by atoms with Gasteiger partial charge in [0.2, 0.25) is 0 Å². The highest BCUT2D eigenvalue weighted by atomic mass is 79.9. The van der Waals surface area contributed by atoms with Gasteiger partial charge in [-0.1, -0.05) is 36.7 Å². The van der Waals surface area contributed by atoms with E-state index in [1.165, 1.54) is 19.3 Å². The number of rotatable bonds is 4. The molecule has 116 valence electrons. The average Bonchev–Trinajstić information content (AvgIpc) is 2.79. The standard InChI is InChI=1S/C17H29BrO2/c1-15(2)13-4-5-16(15,3)14(10-13)20-12-17(11-18)6-8-19-9-7-17/h13-14H,4-12H2,1-3H3. The zero-order valence-corrected chi connectivity index (χ0v) is 14.8. The second-order valence-corrected chi connectivity index (χ2v) is 8.72. The molecule has 0 radical (unpaired) electrons. The van der Waals surface area contributed by atoms with Crippen molar-refractivity contribution in [3.05, 3.63) is 0 Å². The minimum atomic E-state index is 0.306. The van der Waals surface area contributed by atoms with Crippen LogP contribution in [0.2, 0.25) is 0 Å². The minimum Gasteiger partial charge on any atom is -0.381 e. The topological polar surface area (TPSA) is 18.5 Å². The van der Waals surface area contributed by atoms with Crippen molar-refractivity contribution in [3.63, 3.8) is 0 Å². The molecular weight excluding hydrogens is 316 g/mol. The summed E-state index contributed by atoms with van der Waals surface area (Å²) in [5.41, 5.74) is 1.14. The van der Waals surface area contributed by atoms with Crippen LogP contribution < -0.4 is 0 Å². The lowest BCUT2D eigenvalue weighted by Crippen LogP contribution is -2.42. The summed E-state index contributed by atoms with van der Waals surface area (Å²) in [4.78, 5) is 0. The molecule has 3 unspecified atom stereocenters. The number of ether oxygens (including phenoxy) is 2. The summed E-state index contributed by atoms with van der Waals surface area (Å²) >= 11 is 3.72. The van der Waals surface area contributed by atoms with Gasteiger partial charge in [0.15, 0.2) is 0 Å². The molecule has 0 aromatic carbocycles. The fourth-order valence-electron chi connectivity index (χ4n) is 4.78. The summed E-state index contributed by atoms with van der Waals surface area (Å²) in [6, 6.07) is 0. The van der Waals surface area contributed by atoms with E-state index < -0.39 is 0 Å². The molecule has 0 N–H and O–H groups in total. The average molecular weight is 345 g/mol. The van der Waals surface area contributed by atoms with Crippen LogP contribution in [0.4, 0.5) is 0 Å². The van der Waals surface area contributed by atoms with Crippen LogP contribution in [0, 0.1) is 22.2 Å². The maximum absolute atomic E-state index is 6.52. The molecule has 3 atom stereocenters. The molecule has 3 rings (SSSR count). The van der Waals surface area contributed by atoms with E-state index >= 15 is 0 Å². The molecule has 20 heavy (non-hydrogen) atoms. The van der Waals surface area contributed by atoms with Gasteiger partial charge < -0.3 is 9.47 Å². The third kappa shape index (κ3) is 2.19. The third-order valence-electron chi connectivity index (χ3n) is 7.14. The Hall–Kier alpha value is 0.400. The summed E-state index contributed by atoms with van der Waals surface area (Å²) < 4.78 is 12.0. The van der Waals surface area contributed by atoms with Gasteiger partial charge in [0.25, 0.3) is 0 Å². The van der Waals surface area contributed by atoms with E-state index in [0.717, 1.165) is 43.9 Å². The van der Waals surface area contributed by atoms with Crippen molar-refractivity contribution >= 4 is 15.9 Å². The Bertz CT molecular complexity index is 362. The molecule has 3 fully saturated rings. The molecular formula is C17H29BrO2. The van der Waals surface area contributed by atoms with E-state index in [4.69, 9.17) is 9.47 Å². The second-order valence-electron chi connectivity index (χ2n) is 8.16. The Morgan fingerprint density at radius 1 is 1.15 bits per heavy atom. The van der Waals surface area contributed by atoms with Crippen molar-refractivity contribution in [2.45, 2.75) is 59.0 Å². The molecule has 1 aliphatic heterocycles. The predicted octanol–water partition coefficient (Wildman–Crippen LogP) is 4.41. The highest BCUT2D eigenvalue weighted by Gasteiger charge is 2.62. The fraction of sp³-hybridized carbons (Fsp3) is 1.00. The molecule has 2 bridgehead atoms. The smallest absolute Gasteiger partial charge is 0.0637 e. The monoisotopic (exact) mass is 344 g/mol. The van der Waals surface area contributed by atoms with Gasteiger partial charge in [0.05, 0.1) is 12.7 Å². The molecule has 0 spiro atoms. The van der Waals surface area contributed by atoms with Crippen molar-refractivity contribution in [1.82, 2.24) is 0 Å². The highest BCUT2D eigenvalue weighted by Crippen LogP contribution is 2.66. The van der Waals surface area contributed by atoms with Crippen molar-refractivity contribution in [1.29, 1.82) is 0 Å². The van der Waals surface area contributed by atoms with E-state index in [0.29, 0.717) is 22.3 Å². The van der Waals surface area contributed by atoms with Crippen LogP contribution in [0.3, 0.4) is 0 Å². The van der Waals surface area contributed by atoms with Crippen molar-refractivity contribution in [3.8, 4) is 0 Å². The molecule has 1 saturated heterocycles. The fourth-order valence-corrected chi connectivity index (χ4v) is 5.50. The lowest BCUT2D eigenvalue weighted by molar-refractivity contribution is -0.0953. The van der Waals surface area contributed by atoms with Gasteiger partial charge in [-0.25, -0.2) is 0 Å². The quantitative estimate of drug-likeness (QED) is 0.703. The van der Waals surface area contributed by atoms with Crippen LogP contribution in [0.25, 0.3) is 0 Å². The summed E-state index contributed by atoms with van der Waals surface area (Å²) in [5.74, 6) is 0.868. The molecule has 2 nitrogen and oxygen atoms in total. The zero-order valence-electron chi connectivity index (χ0n) is 13.2. The molecule has 3 aliphatic rings. The highest BCUT2D eigenvalue weighted by molar-refractivity contribution is 9.09. The van der Waals surface area contributed by atoms with Gasteiger partial charge >= 0.3 is 0 Å².